The van der Waals surface area contributed by atoms with Gasteiger partial charge in [0.05, 0.1) is 19.0 Å². The van der Waals surface area contributed by atoms with Gasteiger partial charge in [-0.05, 0) is 60.1 Å². The number of rotatable bonds is 7. The zero-order valence-electron chi connectivity index (χ0n) is 16.5. The number of ether oxygens (including phenoxy) is 2. The number of aromatic nitrogens is 1. The minimum atomic E-state index is -0.355. The van der Waals surface area contributed by atoms with E-state index in [1.54, 1.807) is 25.5 Å². The van der Waals surface area contributed by atoms with E-state index in [-0.39, 0.29) is 12.5 Å². The van der Waals surface area contributed by atoms with Gasteiger partial charge in [-0.2, -0.15) is 5.10 Å². The van der Waals surface area contributed by atoms with Crippen LogP contribution in [0.2, 0.25) is 0 Å². The summed E-state index contributed by atoms with van der Waals surface area (Å²) in [5.41, 5.74) is 6.56. The van der Waals surface area contributed by atoms with Crippen LogP contribution in [0, 0.1) is 13.8 Å². The number of carbonyl (C=O) groups is 1. The van der Waals surface area contributed by atoms with E-state index in [4.69, 9.17) is 9.47 Å². The van der Waals surface area contributed by atoms with Crippen LogP contribution in [0.25, 0.3) is 5.69 Å². The zero-order chi connectivity index (χ0) is 20.8. The predicted octanol–water partition coefficient (Wildman–Crippen LogP) is 4.39. The van der Waals surface area contributed by atoms with Crippen LogP contribution >= 0.6 is 15.9 Å². The van der Waals surface area contributed by atoms with E-state index >= 15 is 0 Å². The van der Waals surface area contributed by atoms with Gasteiger partial charge in [-0.1, -0.05) is 24.3 Å². The lowest BCUT2D eigenvalue weighted by Gasteiger charge is -2.11. The Balaban J connectivity index is 1.64. The first-order valence-corrected chi connectivity index (χ1v) is 9.82. The monoisotopic (exact) mass is 455 g/mol. The summed E-state index contributed by atoms with van der Waals surface area (Å²) in [7, 11) is 1.55. The summed E-state index contributed by atoms with van der Waals surface area (Å²) in [6, 6.07) is 17.2. The largest absolute Gasteiger partial charge is 0.493 e. The molecule has 1 heterocycles. The molecule has 0 saturated carbocycles. The third-order valence-corrected chi connectivity index (χ3v) is 5.05. The Hall–Kier alpha value is -3.06. The lowest BCUT2D eigenvalue weighted by Crippen LogP contribution is -2.24. The van der Waals surface area contributed by atoms with Crippen LogP contribution < -0.4 is 14.9 Å². The van der Waals surface area contributed by atoms with E-state index in [1.807, 2.05) is 56.3 Å². The number of nitrogens with one attached hydrogen (secondary N) is 1. The standard InChI is InChI=1S/C22H22BrN3O3/c1-15-12-17(16(2)26(15)19-9-5-4-8-18(19)23)13-24-25-22(27)14-29-21-11-7-6-10-20(21)28-3/h4-13H,14H2,1-3H3,(H,25,27)/b24-13-. The van der Waals surface area contributed by atoms with E-state index in [2.05, 4.69) is 31.0 Å². The van der Waals surface area contributed by atoms with Crippen molar-refractivity contribution in [3.05, 3.63) is 76.0 Å². The van der Waals surface area contributed by atoms with Crippen LogP contribution in [0.3, 0.4) is 0 Å². The molecule has 0 atom stereocenters. The first-order valence-electron chi connectivity index (χ1n) is 9.03. The fourth-order valence-corrected chi connectivity index (χ4v) is 3.47. The van der Waals surface area contributed by atoms with Crippen LogP contribution in [0.5, 0.6) is 11.5 Å². The van der Waals surface area contributed by atoms with Gasteiger partial charge in [-0.3, -0.25) is 4.79 Å². The number of hydrogen-bond acceptors (Lipinski definition) is 4. The molecule has 0 saturated heterocycles. The van der Waals surface area contributed by atoms with Crippen molar-refractivity contribution in [2.24, 2.45) is 5.10 Å². The average molecular weight is 456 g/mol. The number of hydrazone groups is 1. The topological polar surface area (TPSA) is 64.8 Å². The highest BCUT2D eigenvalue weighted by molar-refractivity contribution is 9.10. The molecule has 0 aliphatic rings. The first-order chi connectivity index (χ1) is 14.0. The van der Waals surface area contributed by atoms with Crippen molar-refractivity contribution >= 4 is 28.1 Å². The Labute approximate surface area is 178 Å². The summed E-state index contributed by atoms with van der Waals surface area (Å²) in [6.07, 6.45) is 1.64. The molecule has 3 rings (SSSR count). The second-order valence-electron chi connectivity index (χ2n) is 6.35. The van der Waals surface area contributed by atoms with Crippen LogP contribution in [0.1, 0.15) is 17.0 Å². The summed E-state index contributed by atoms with van der Waals surface area (Å²) in [5.74, 6) is 0.723. The molecule has 1 amide bonds. The highest BCUT2D eigenvalue weighted by Crippen LogP contribution is 2.26. The molecule has 0 aliphatic heterocycles. The quantitative estimate of drug-likeness (QED) is 0.424. The Kier molecular flexibility index (Phi) is 6.72. The molecule has 0 radical (unpaired) electrons. The van der Waals surface area contributed by atoms with Gasteiger partial charge in [0.1, 0.15) is 0 Å². The number of halogens is 1. The van der Waals surface area contributed by atoms with Crippen molar-refractivity contribution < 1.29 is 14.3 Å². The second kappa shape index (κ2) is 9.43. The summed E-state index contributed by atoms with van der Waals surface area (Å²) in [6.45, 7) is 3.89. The summed E-state index contributed by atoms with van der Waals surface area (Å²) < 4.78 is 13.8. The van der Waals surface area contributed by atoms with Crippen LogP contribution in [0.4, 0.5) is 0 Å². The molecule has 29 heavy (non-hydrogen) atoms. The van der Waals surface area contributed by atoms with Gasteiger partial charge in [-0.25, -0.2) is 5.43 Å². The van der Waals surface area contributed by atoms with Crippen molar-refractivity contribution in [3.63, 3.8) is 0 Å². The first kappa shape index (κ1) is 20.7. The maximum absolute atomic E-state index is 12.0. The SMILES string of the molecule is COc1ccccc1OCC(=O)N/N=C\c1cc(C)n(-c2ccccc2Br)c1C. The molecule has 1 N–H and O–H groups in total. The normalized spacial score (nSPS) is 10.9. The van der Waals surface area contributed by atoms with Gasteiger partial charge in [0.25, 0.3) is 5.91 Å². The van der Waals surface area contributed by atoms with Gasteiger partial charge in [0, 0.05) is 21.4 Å². The average Bonchev–Trinajstić information content (AvgIpc) is 3.00. The maximum atomic E-state index is 12.0. The van der Waals surface area contributed by atoms with Crippen molar-refractivity contribution in [2.45, 2.75) is 13.8 Å². The molecule has 0 aliphatic carbocycles. The molecule has 150 valence electrons. The van der Waals surface area contributed by atoms with E-state index in [0.29, 0.717) is 11.5 Å². The number of benzene rings is 2. The fourth-order valence-electron chi connectivity index (χ4n) is 3.01. The van der Waals surface area contributed by atoms with Crippen molar-refractivity contribution in [3.8, 4) is 17.2 Å². The highest BCUT2D eigenvalue weighted by atomic mass is 79.9. The van der Waals surface area contributed by atoms with E-state index in [1.165, 1.54) is 0 Å². The smallest absolute Gasteiger partial charge is 0.277 e. The zero-order valence-corrected chi connectivity index (χ0v) is 18.1. The molecule has 2 aromatic carbocycles. The molecule has 0 unspecified atom stereocenters. The molecule has 3 aromatic rings. The number of methoxy groups -OCH3 is 1. The Morgan fingerprint density at radius 3 is 2.55 bits per heavy atom. The minimum absolute atomic E-state index is 0.159. The molecule has 7 heteroatoms. The molecular formula is C22H22BrN3O3. The van der Waals surface area contributed by atoms with Crippen LogP contribution in [-0.2, 0) is 4.79 Å². The van der Waals surface area contributed by atoms with E-state index in [0.717, 1.165) is 27.1 Å². The number of aryl methyl sites for hydroxylation is 1. The maximum Gasteiger partial charge on any atom is 0.277 e. The molecule has 0 spiro atoms. The number of carbonyl (C=O) groups excluding carboxylic acids is 1. The molecule has 1 aromatic heterocycles. The summed E-state index contributed by atoms with van der Waals surface area (Å²) >= 11 is 3.59. The van der Waals surface area contributed by atoms with Crippen molar-refractivity contribution in [2.75, 3.05) is 13.7 Å². The third-order valence-electron chi connectivity index (χ3n) is 4.38. The molecule has 0 fully saturated rings. The molecule has 0 bridgehead atoms. The number of amides is 1. The van der Waals surface area contributed by atoms with Gasteiger partial charge in [-0.15, -0.1) is 0 Å². The lowest BCUT2D eigenvalue weighted by atomic mass is 10.2. The summed E-state index contributed by atoms with van der Waals surface area (Å²) in [4.78, 5) is 12.0. The number of para-hydroxylation sites is 3. The Morgan fingerprint density at radius 2 is 1.83 bits per heavy atom. The molecular weight excluding hydrogens is 434 g/mol. The van der Waals surface area contributed by atoms with Crippen molar-refractivity contribution in [1.29, 1.82) is 0 Å². The van der Waals surface area contributed by atoms with E-state index < -0.39 is 0 Å². The third kappa shape index (κ3) is 4.86. The second-order valence-corrected chi connectivity index (χ2v) is 7.20. The predicted molar refractivity (Wildman–Crippen MR) is 117 cm³/mol. The van der Waals surface area contributed by atoms with Gasteiger partial charge in [0.15, 0.2) is 18.1 Å². The van der Waals surface area contributed by atoms with Crippen LogP contribution in [-0.4, -0.2) is 30.4 Å². The van der Waals surface area contributed by atoms with Gasteiger partial charge in [0.2, 0.25) is 0 Å². The Morgan fingerprint density at radius 1 is 1.14 bits per heavy atom. The van der Waals surface area contributed by atoms with Gasteiger partial charge < -0.3 is 14.0 Å². The van der Waals surface area contributed by atoms with Gasteiger partial charge >= 0.3 is 0 Å². The molecule has 6 nitrogen and oxygen atoms in total. The summed E-state index contributed by atoms with van der Waals surface area (Å²) in [5, 5.41) is 4.07. The Bertz CT molecular complexity index is 1040. The fraction of sp³-hybridized carbons (Fsp3) is 0.182. The number of nitrogens with zero attached hydrogens (tertiary/aromatic N) is 2. The van der Waals surface area contributed by atoms with E-state index in [9.17, 15) is 4.79 Å². The lowest BCUT2D eigenvalue weighted by molar-refractivity contribution is -0.123. The van der Waals surface area contributed by atoms with Crippen molar-refractivity contribution in [1.82, 2.24) is 9.99 Å². The minimum Gasteiger partial charge on any atom is -0.493 e. The highest BCUT2D eigenvalue weighted by Gasteiger charge is 2.11. The number of hydrogen-bond donors (Lipinski definition) is 1. The van der Waals surface area contributed by atoms with Crippen LogP contribution in [0.15, 0.2) is 64.2 Å².